The summed E-state index contributed by atoms with van der Waals surface area (Å²) in [5, 5.41) is 0. The summed E-state index contributed by atoms with van der Waals surface area (Å²) in [5.41, 5.74) is 0. The van der Waals surface area contributed by atoms with E-state index in [1.54, 1.807) is 0 Å². The van der Waals surface area contributed by atoms with Gasteiger partial charge in [-0.3, -0.25) is 0 Å². The van der Waals surface area contributed by atoms with Crippen LogP contribution in [0.25, 0.3) is 0 Å². The standard InChI is InChI=1S/2Ag.ClH.Cr.4O/h;;1H;;;;;/q+1;+2;;;;;2*-1/p-1. The monoisotopic (exact) mass is 365 g/mol. The molecule has 0 bridgehead atoms. The molecule has 0 N–H and O–H groups in total. The zero-order valence-corrected chi connectivity index (χ0v) is 8.02. The van der Waals surface area contributed by atoms with E-state index in [1.807, 2.05) is 0 Å². The van der Waals surface area contributed by atoms with Gasteiger partial charge in [0.05, 0.1) is 0 Å². The van der Waals surface area contributed by atoms with Gasteiger partial charge in [-0.25, -0.2) is 0 Å². The van der Waals surface area contributed by atoms with Crippen LogP contribution in [0, 0.1) is 0 Å². The number of hydrogen-bond acceptors (Lipinski definition) is 4. The molecule has 0 amide bonds. The Bertz CT molecular complexity index is 97.2. The molecule has 0 atom stereocenters. The predicted octanol–water partition coefficient (Wildman–Crippen LogP) is -1.93. The van der Waals surface area contributed by atoms with Crippen molar-refractivity contribution in [2.75, 3.05) is 0 Å². The zero-order valence-electron chi connectivity index (χ0n) is 3.02. The van der Waals surface area contributed by atoms with Gasteiger partial charge in [-0.2, -0.15) is 0 Å². The third-order valence-electron chi connectivity index (χ3n) is 0. The second kappa shape index (κ2) is 8.82. The average molecular weight is 367 g/mol. The molecule has 0 spiro atoms. The van der Waals surface area contributed by atoms with E-state index in [2.05, 4.69) is 29.2 Å². The molecule has 0 aliphatic heterocycles. The summed E-state index contributed by atoms with van der Waals surface area (Å²) in [6, 6.07) is 0. The van der Waals surface area contributed by atoms with Crippen LogP contribution in [0.5, 0.6) is 0 Å². The Kier molecular flexibility index (Phi) is 18.1. The summed E-state index contributed by atoms with van der Waals surface area (Å²) in [4.78, 5) is 0. The molecule has 0 aromatic carbocycles. The van der Waals surface area contributed by atoms with Crippen molar-refractivity contribution in [3.8, 4) is 0 Å². The Morgan fingerprint density at radius 3 is 1.25 bits per heavy atom. The van der Waals surface area contributed by atoms with E-state index in [1.165, 1.54) is 0 Å². The summed E-state index contributed by atoms with van der Waals surface area (Å²) in [6.07, 6.45) is 0. The van der Waals surface area contributed by atoms with Crippen LogP contribution in [0.3, 0.4) is 0 Å². The Balaban J connectivity index is -0.0000000750. The molecule has 0 saturated heterocycles. The summed E-state index contributed by atoms with van der Waals surface area (Å²) in [7, 11) is 4.45. The van der Waals surface area contributed by atoms with Crippen LogP contribution in [0.2, 0.25) is 0 Å². The van der Waals surface area contributed by atoms with Crippen LogP contribution in [0.1, 0.15) is 0 Å². The van der Waals surface area contributed by atoms with Crippen molar-refractivity contribution in [2.45, 2.75) is 0 Å². The first-order valence-electron chi connectivity index (χ1n) is 0.781. The molecular formula is Ag2ClCrO4. The van der Waals surface area contributed by atoms with Gasteiger partial charge in [0.2, 0.25) is 0 Å². The molecule has 0 aliphatic carbocycles. The van der Waals surface area contributed by atoms with E-state index in [9.17, 15) is 0 Å². The summed E-state index contributed by atoms with van der Waals surface area (Å²) >= 11 is -3.33. The molecule has 4 nitrogen and oxygen atoms in total. The minimum absolute atomic E-state index is 0. The molecule has 8 heteroatoms. The summed E-state index contributed by atoms with van der Waals surface area (Å²) in [6.45, 7) is 0. The van der Waals surface area contributed by atoms with Gasteiger partial charge in [-0.05, 0) is 0 Å². The third-order valence-corrected chi connectivity index (χ3v) is 0. The summed E-state index contributed by atoms with van der Waals surface area (Å²) in [5.74, 6) is 0. The van der Waals surface area contributed by atoms with Crippen LogP contribution in [-0.4, -0.2) is 0 Å². The average Bonchev–Trinajstić information content (AvgIpc) is 1.36. The first-order valence-corrected chi connectivity index (χ1v) is 4.77. The van der Waals surface area contributed by atoms with E-state index >= 15 is 0 Å². The van der Waals surface area contributed by atoms with Crippen LogP contribution < -0.4 is 8.32 Å². The first kappa shape index (κ1) is 16.4. The van der Waals surface area contributed by atoms with Crippen LogP contribution in [0.15, 0.2) is 0 Å². The van der Waals surface area contributed by atoms with Gasteiger partial charge < -0.3 is 0 Å². The van der Waals surface area contributed by atoms with E-state index in [-0.39, 0.29) is 22.4 Å². The Morgan fingerprint density at radius 2 is 1.25 bits per heavy atom. The number of rotatable bonds is 0. The van der Waals surface area contributed by atoms with Crippen LogP contribution in [0.4, 0.5) is 0 Å². The normalized spacial score (nSPS) is 8.12. The molecule has 0 unspecified atom stereocenters. The van der Waals surface area contributed by atoms with Gasteiger partial charge in [0.15, 0.2) is 0 Å². The van der Waals surface area contributed by atoms with Gasteiger partial charge in [0, 0.05) is 0 Å². The third kappa shape index (κ3) is 110. The zero-order chi connectivity index (χ0) is 6.50. The Morgan fingerprint density at radius 1 is 1.25 bits per heavy atom. The van der Waals surface area contributed by atoms with Gasteiger partial charge in [0.25, 0.3) is 0 Å². The van der Waals surface area contributed by atoms with E-state index in [0.29, 0.717) is 0 Å². The molecule has 0 saturated carbocycles. The van der Waals surface area contributed by atoms with Crippen molar-refractivity contribution < 1.29 is 71.9 Å². The molecule has 8 heavy (non-hydrogen) atoms. The second-order valence-electron chi connectivity index (χ2n) is 0.408. The van der Waals surface area contributed by atoms with E-state index < -0.39 is 13.6 Å². The van der Waals surface area contributed by atoms with Gasteiger partial charge >= 0.3 is 81.1 Å². The predicted molar refractivity (Wildman–Crippen MR) is 7.23 cm³/mol. The first-order chi connectivity index (χ1) is 3.00. The van der Waals surface area contributed by atoms with E-state index in [0.717, 1.165) is 0 Å². The molecule has 0 rings (SSSR count). The second-order valence-corrected chi connectivity index (χ2v) is 1.68. The molecular weight excluding hydrogens is 367 g/mol. The SMILES string of the molecule is [Ag+2].[Cl][Ag].[O]=[Cr](=[O])([O-])[O-]. The number of halogens is 1. The molecule has 0 aromatic heterocycles. The van der Waals surface area contributed by atoms with Crippen molar-refractivity contribution >= 4 is 9.19 Å². The van der Waals surface area contributed by atoms with Gasteiger partial charge in [-0.1, -0.05) is 0 Å². The minimum atomic E-state index is -5.75. The molecule has 1 radical (unpaired) electrons. The van der Waals surface area contributed by atoms with Crippen LogP contribution in [-0.2, 0) is 63.6 Å². The molecule has 0 aliphatic rings. The Labute approximate surface area is 80.2 Å². The topological polar surface area (TPSA) is 80.3 Å². The van der Waals surface area contributed by atoms with Crippen molar-refractivity contribution in [3.63, 3.8) is 0 Å². The van der Waals surface area contributed by atoms with Gasteiger partial charge in [-0.15, -0.1) is 0 Å². The van der Waals surface area contributed by atoms with Crippen molar-refractivity contribution in [2.24, 2.45) is 0 Å². The molecule has 0 fully saturated rings. The maximum absolute atomic E-state index is 8.59. The maximum atomic E-state index is 8.59. The molecule has 0 aromatic rings. The van der Waals surface area contributed by atoms with Gasteiger partial charge in [0.1, 0.15) is 0 Å². The fourth-order valence-corrected chi connectivity index (χ4v) is 0. The molecule has 59 valence electrons. The quantitative estimate of drug-likeness (QED) is 0.467. The molecule has 0 heterocycles. The van der Waals surface area contributed by atoms with Crippen LogP contribution >= 0.6 is 9.19 Å². The van der Waals surface area contributed by atoms with Crippen molar-refractivity contribution in [3.05, 3.63) is 0 Å². The Hall–Kier alpha value is 1.82. The number of hydrogen-bond donors (Lipinski definition) is 0. The fourth-order valence-electron chi connectivity index (χ4n) is 0. The fraction of sp³-hybridized carbons (Fsp3) is 0. The van der Waals surface area contributed by atoms with Crippen molar-refractivity contribution in [1.29, 1.82) is 0 Å². The summed E-state index contributed by atoms with van der Waals surface area (Å²) < 4.78 is 34.4. The van der Waals surface area contributed by atoms with Crippen molar-refractivity contribution in [1.82, 2.24) is 0 Å². The van der Waals surface area contributed by atoms with E-state index in [4.69, 9.17) is 15.9 Å².